The van der Waals surface area contributed by atoms with Crippen molar-refractivity contribution >= 4 is 5.78 Å². The maximum atomic E-state index is 12.3. The molecule has 0 saturated heterocycles. The van der Waals surface area contributed by atoms with Gasteiger partial charge in [0.25, 0.3) is 0 Å². The Kier molecular flexibility index (Phi) is 5.43. The molecular weight excluding hydrogens is 220 g/mol. The maximum Gasteiger partial charge on any atom is 0.136 e. The Bertz CT molecular complexity index is 274. The van der Waals surface area contributed by atoms with Crippen LogP contribution in [0.4, 0.5) is 0 Å². The molecule has 0 amide bonds. The summed E-state index contributed by atoms with van der Waals surface area (Å²) in [6, 6.07) is 0. The van der Waals surface area contributed by atoms with Crippen LogP contribution in [0.2, 0.25) is 0 Å². The SMILES string of the molecule is CC(CC(=O)C1CCC(C)C(C)C1)CC(C)(C)C. The van der Waals surface area contributed by atoms with Crippen molar-refractivity contribution in [2.75, 3.05) is 0 Å². The van der Waals surface area contributed by atoms with Gasteiger partial charge in [0, 0.05) is 12.3 Å². The highest BCUT2D eigenvalue weighted by molar-refractivity contribution is 5.81. The van der Waals surface area contributed by atoms with Crippen molar-refractivity contribution in [2.45, 2.75) is 73.6 Å². The number of hydrogen-bond acceptors (Lipinski definition) is 1. The second-order valence-corrected chi connectivity index (χ2v) is 8.00. The Labute approximate surface area is 114 Å². The topological polar surface area (TPSA) is 17.1 Å². The lowest BCUT2D eigenvalue weighted by atomic mass is 9.72. The van der Waals surface area contributed by atoms with Crippen LogP contribution >= 0.6 is 0 Å². The van der Waals surface area contributed by atoms with E-state index in [1.807, 2.05) is 0 Å². The molecule has 4 atom stereocenters. The first kappa shape index (κ1) is 15.7. The third-order valence-electron chi connectivity index (χ3n) is 4.56. The summed E-state index contributed by atoms with van der Waals surface area (Å²) in [5.41, 5.74) is 0.341. The third kappa shape index (κ3) is 5.12. The lowest BCUT2D eigenvalue weighted by Crippen LogP contribution is -2.27. The van der Waals surface area contributed by atoms with Crippen LogP contribution in [0.1, 0.15) is 73.6 Å². The van der Waals surface area contributed by atoms with Gasteiger partial charge in [-0.15, -0.1) is 0 Å². The van der Waals surface area contributed by atoms with Crippen molar-refractivity contribution in [3.8, 4) is 0 Å². The van der Waals surface area contributed by atoms with Crippen molar-refractivity contribution in [2.24, 2.45) is 29.1 Å². The molecule has 0 N–H and O–H groups in total. The molecule has 0 aliphatic heterocycles. The van der Waals surface area contributed by atoms with Gasteiger partial charge in [0.2, 0.25) is 0 Å². The summed E-state index contributed by atoms with van der Waals surface area (Å²) in [5.74, 6) is 2.96. The van der Waals surface area contributed by atoms with Crippen molar-refractivity contribution in [1.82, 2.24) is 0 Å². The number of carbonyl (C=O) groups excluding carboxylic acids is 1. The van der Waals surface area contributed by atoms with E-state index in [4.69, 9.17) is 0 Å². The third-order valence-corrected chi connectivity index (χ3v) is 4.56. The Hall–Kier alpha value is -0.330. The maximum absolute atomic E-state index is 12.3. The Balaban J connectivity index is 2.41. The van der Waals surface area contributed by atoms with Crippen LogP contribution in [0.15, 0.2) is 0 Å². The number of Topliss-reactive ketones (excluding diaryl/α,β-unsaturated/α-hetero) is 1. The first-order valence-electron chi connectivity index (χ1n) is 7.71. The highest BCUT2D eigenvalue weighted by atomic mass is 16.1. The summed E-state index contributed by atoms with van der Waals surface area (Å²) in [5, 5.41) is 0. The van der Waals surface area contributed by atoms with E-state index < -0.39 is 0 Å². The summed E-state index contributed by atoms with van der Waals surface area (Å²) >= 11 is 0. The minimum atomic E-state index is 0.341. The summed E-state index contributed by atoms with van der Waals surface area (Å²) in [6.45, 7) is 13.7. The molecule has 1 aliphatic carbocycles. The summed E-state index contributed by atoms with van der Waals surface area (Å²) < 4.78 is 0. The van der Waals surface area contributed by atoms with Gasteiger partial charge in [-0.1, -0.05) is 41.5 Å². The van der Waals surface area contributed by atoms with Gasteiger partial charge in [0.05, 0.1) is 0 Å². The quantitative estimate of drug-likeness (QED) is 0.681. The predicted octanol–water partition coefficient (Wildman–Crippen LogP) is 5.09. The molecular formula is C17H32O. The number of ketones is 1. The van der Waals surface area contributed by atoms with E-state index in [1.165, 1.54) is 6.42 Å². The summed E-state index contributed by atoms with van der Waals surface area (Å²) in [4.78, 5) is 12.3. The lowest BCUT2D eigenvalue weighted by Gasteiger charge is -2.32. The number of rotatable bonds is 4. The largest absolute Gasteiger partial charge is 0.299 e. The van der Waals surface area contributed by atoms with Crippen LogP contribution in [0.5, 0.6) is 0 Å². The van der Waals surface area contributed by atoms with Gasteiger partial charge >= 0.3 is 0 Å². The van der Waals surface area contributed by atoms with E-state index in [2.05, 4.69) is 41.5 Å². The molecule has 0 radical (unpaired) electrons. The monoisotopic (exact) mass is 252 g/mol. The molecule has 1 fully saturated rings. The van der Waals surface area contributed by atoms with Crippen LogP contribution in [-0.2, 0) is 4.79 Å². The molecule has 1 aliphatic rings. The minimum absolute atomic E-state index is 0.341. The van der Waals surface area contributed by atoms with Crippen LogP contribution in [0.3, 0.4) is 0 Å². The number of carbonyl (C=O) groups is 1. The van der Waals surface area contributed by atoms with Crippen molar-refractivity contribution < 1.29 is 4.79 Å². The lowest BCUT2D eigenvalue weighted by molar-refractivity contribution is -0.125. The molecule has 1 saturated carbocycles. The van der Waals surface area contributed by atoms with E-state index >= 15 is 0 Å². The van der Waals surface area contributed by atoms with Crippen LogP contribution in [-0.4, -0.2) is 5.78 Å². The predicted molar refractivity (Wildman–Crippen MR) is 78.5 cm³/mol. The van der Waals surface area contributed by atoms with Crippen molar-refractivity contribution in [3.05, 3.63) is 0 Å². The smallest absolute Gasteiger partial charge is 0.136 e. The van der Waals surface area contributed by atoms with Gasteiger partial charge in [-0.3, -0.25) is 4.79 Å². The highest BCUT2D eigenvalue weighted by Gasteiger charge is 2.30. The molecule has 0 heterocycles. The summed E-state index contributed by atoms with van der Waals surface area (Å²) in [6.07, 6.45) is 5.44. The summed E-state index contributed by atoms with van der Waals surface area (Å²) in [7, 11) is 0. The first-order valence-corrected chi connectivity index (χ1v) is 7.71. The van der Waals surface area contributed by atoms with E-state index in [-0.39, 0.29) is 0 Å². The van der Waals surface area contributed by atoms with Gasteiger partial charge in [-0.2, -0.15) is 0 Å². The van der Waals surface area contributed by atoms with Crippen LogP contribution < -0.4 is 0 Å². The molecule has 0 aromatic carbocycles. The molecule has 0 spiro atoms. The molecule has 106 valence electrons. The van der Waals surface area contributed by atoms with Gasteiger partial charge in [0.15, 0.2) is 0 Å². The molecule has 1 heteroatoms. The number of hydrogen-bond donors (Lipinski definition) is 0. The standard InChI is InChI=1S/C17H32O/c1-12(11-17(4,5)6)9-16(18)15-8-7-13(2)14(3)10-15/h12-15H,7-11H2,1-6H3. The molecule has 4 unspecified atom stereocenters. The zero-order chi connectivity index (χ0) is 13.9. The van der Waals surface area contributed by atoms with E-state index in [1.54, 1.807) is 0 Å². The normalized spacial score (nSPS) is 31.1. The van der Waals surface area contributed by atoms with E-state index in [0.29, 0.717) is 23.0 Å². The second-order valence-electron chi connectivity index (χ2n) is 8.00. The van der Waals surface area contributed by atoms with Gasteiger partial charge in [-0.05, 0) is 48.9 Å². The van der Waals surface area contributed by atoms with Crippen LogP contribution in [0.25, 0.3) is 0 Å². The zero-order valence-corrected chi connectivity index (χ0v) is 13.3. The van der Waals surface area contributed by atoms with Crippen molar-refractivity contribution in [1.29, 1.82) is 0 Å². The average molecular weight is 252 g/mol. The average Bonchev–Trinajstić information content (AvgIpc) is 2.18. The highest BCUT2D eigenvalue weighted by Crippen LogP contribution is 2.35. The Morgan fingerprint density at radius 2 is 1.78 bits per heavy atom. The molecule has 1 nitrogen and oxygen atoms in total. The molecule has 0 aromatic rings. The molecule has 0 aromatic heterocycles. The van der Waals surface area contributed by atoms with Gasteiger partial charge < -0.3 is 0 Å². The minimum Gasteiger partial charge on any atom is -0.299 e. The molecule has 1 rings (SSSR count). The fraction of sp³-hybridized carbons (Fsp3) is 0.941. The molecule has 0 bridgehead atoms. The zero-order valence-electron chi connectivity index (χ0n) is 13.3. The van der Waals surface area contributed by atoms with E-state index in [0.717, 1.165) is 37.5 Å². The van der Waals surface area contributed by atoms with Crippen molar-refractivity contribution in [3.63, 3.8) is 0 Å². The second kappa shape index (κ2) is 6.21. The Morgan fingerprint density at radius 3 is 2.28 bits per heavy atom. The van der Waals surface area contributed by atoms with Gasteiger partial charge in [0.1, 0.15) is 5.78 Å². The fourth-order valence-electron chi connectivity index (χ4n) is 3.47. The van der Waals surface area contributed by atoms with Gasteiger partial charge in [-0.25, -0.2) is 0 Å². The first-order chi connectivity index (χ1) is 8.19. The van der Waals surface area contributed by atoms with E-state index in [9.17, 15) is 4.79 Å². The van der Waals surface area contributed by atoms with Crippen LogP contribution in [0, 0.1) is 29.1 Å². The fourth-order valence-corrected chi connectivity index (χ4v) is 3.47. The molecule has 18 heavy (non-hydrogen) atoms. The Morgan fingerprint density at radius 1 is 1.17 bits per heavy atom.